The van der Waals surface area contributed by atoms with Gasteiger partial charge in [0.05, 0.1) is 16.7 Å². The van der Waals surface area contributed by atoms with Crippen LogP contribution >= 0.6 is 0 Å². The highest BCUT2D eigenvalue weighted by Crippen LogP contribution is 2.26. The minimum atomic E-state index is -0.741. The van der Waals surface area contributed by atoms with Crippen molar-refractivity contribution in [3.63, 3.8) is 0 Å². The maximum absolute atomic E-state index is 12.6. The Kier molecular flexibility index (Phi) is 5.77. The third-order valence-electron chi connectivity index (χ3n) is 4.94. The van der Waals surface area contributed by atoms with Crippen molar-refractivity contribution in [3.05, 3.63) is 64.7 Å². The summed E-state index contributed by atoms with van der Waals surface area (Å²) < 4.78 is 5.06. The molecule has 29 heavy (non-hydrogen) atoms. The zero-order chi connectivity index (χ0) is 21.1. The van der Waals surface area contributed by atoms with E-state index >= 15 is 0 Å². The topological polar surface area (TPSA) is 92.8 Å². The van der Waals surface area contributed by atoms with Gasteiger partial charge in [-0.15, -0.1) is 0 Å². The van der Waals surface area contributed by atoms with Crippen LogP contribution in [0.1, 0.15) is 56.9 Å². The molecule has 7 heteroatoms. The average Bonchev–Trinajstić information content (AvgIpc) is 2.97. The molecule has 0 radical (unpaired) electrons. The van der Waals surface area contributed by atoms with E-state index in [2.05, 4.69) is 5.32 Å². The zero-order valence-electron chi connectivity index (χ0n) is 16.5. The monoisotopic (exact) mass is 394 g/mol. The Labute approximate surface area is 168 Å². The van der Waals surface area contributed by atoms with Crippen molar-refractivity contribution in [1.29, 1.82) is 0 Å². The number of nitrogens with zero attached hydrogens (tertiary/aromatic N) is 1. The van der Waals surface area contributed by atoms with E-state index in [9.17, 15) is 19.2 Å². The van der Waals surface area contributed by atoms with Gasteiger partial charge in [-0.3, -0.25) is 19.3 Å². The highest BCUT2D eigenvalue weighted by Gasteiger charge is 2.38. The summed E-state index contributed by atoms with van der Waals surface area (Å²) in [6, 6.07) is 11.2. The van der Waals surface area contributed by atoms with Gasteiger partial charge in [-0.05, 0) is 50.1 Å². The van der Waals surface area contributed by atoms with E-state index in [1.165, 1.54) is 23.1 Å². The Hall–Kier alpha value is -3.48. The van der Waals surface area contributed by atoms with Gasteiger partial charge in [-0.1, -0.05) is 25.1 Å². The SMILES string of the molecule is CC[C@@H](C)N1C(=O)c2ccc(C(=O)OCC(=O)Nc3ccccc3C)cc2C1=O. The molecule has 2 aromatic rings. The first-order valence-electron chi connectivity index (χ1n) is 9.38. The fraction of sp³-hybridized carbons (Fsp3) is 0.273. The maximum atomic E-state index is 12.6. The van der Waals surface area contributed by atoms with Crippen LogP contribution < -0.4 is 5.32 Å². The number of para-hydroxylation sites is 1. The minimum absolute atomic E-state index is 0.111. The van der Waals surface area contributed by atoms with E-state index in [4.69, 9.17) is 4.74 Å². The second kappa shape index (κ2) is 8.26. The third-order valence-corrected chi connectivity index (χ3v) is 4.94. The third kappa shape index (κ3) is 4.03. The maximum Gasteiger partial charge on any atom is 0.338 e. The standard InChI is InChI=1S/C22H22N2O5/c1-4-14(3)24-20(26)16-10-9-15(11-17(16)21(24)27)22(28)29-12-19(25)23-18-8-6-5-7-13(18)2/h5-11,14H,4,12H2,1-3H3,(H,23,25)/t14-/m1/s1. The molecule has 3 rings (SSSR count). The number of carbonyl (C=O) groups excluding carboxylic acids is 4. The molecule has 7 nitrogen and oxygen atoms in total. The normalized spacial score (nSPS) is 13.8. The zero-order valence-corrected chi connectivity index (χ0v) is 16.5. The van der Waals surface area contributed by atoms with Crippen LogP contribution in [0.15, 0.2) is 42.5 Å². The number of aryl methyl sites for hydroxylation is 1. The Morgan fingerprint density at radius 2 is 1.76 bits per heavy atom. The molecule has 0 unspecified atom stereocenters. The Morgan fingerprint density at radius 3 is 2.45 bits per heavy atom. The number of amides is 3. The van der Waals surface area contributed by atoms with E-state index < -0.39 is 24.4 Å². The smallest absolute Gasteiger partial charge is 0.338 e. The number of carbonyl (C=O) groups is 4. The second-order valence-corrected chi connectivity index (χ2v) is 6.94. The molecule has 0 spiro atoms. The van der Waals surface area contributed by atoms with Crippen LogP contribution in [-0.4, -0.2) is 41.2 Å². The minimum Gasteiger partial charge on any atom is -0.452 e. The molecule has 0 aliphatic carbocycles. The highest BCUT2D eigenvalue weighted by molar-refractivity contribution is 6.22. The number of nitrogens with one attached hydrogen (secondary N) is 1. The molecular weight excluding hydrogens is 372 g/mol. The number of anilines is 1. The van der Waals surface area contributed by atoms with E-state index in [1.54, 1.807) is 19.1 Å². The van der Waals surface area contributed by atoms with Crippen LogP contribution in [-0.2, 0) is 9.53 Å². The van der Waals surface area contributed by atoms with Gasteiger partial charge in [0.2, 0.25) is 0 Å². The predicted octanol–water partition coefficient (Wildman–Crippen LogP) is 3.19. The number of ether oxygens (including phenoxy) is 1. The van der Waals surface area contributed by atoms with Gasteiger partial charge in [-0.25, -0.2) is 4.79 Å². The summed E-state index contributed by atoms with van der Waals surface area (Å²) in [6.07, 6.45) is 0.635. The number of benzene rings is 2. The van der Waals surface area contributed by atoms with Crippen molar-refractivity contribution in [2.75, 3.05) is 11.9 Å². The predicted molar refractivity (Wildman–Crippen MR) is 107 cm³/mol. The average molecular weight is 394 g/mol. The summed E-state index contributed by atoms with van der Waals surface area (Å²) in [5, 5.41) is 2.67. The van der Waals surface area contributed by atoms with Gasteiger partial charge in [0, 0.05) is 11.7 Å². The second-order valence-electron chi connectivity index (χ2n) is 6.94. The number of rotatable bonds is 6. The Balaban J connectivity index is 1.67. The van der Waals surface area contributed by atoms with E-state index in [1.807, 2.05) is 26.0 Å². The summed E-state index contributed by atoms with van der Waals surface area (Å²) >= 11 is 0. The lowest BCUT2D eigenvalue weighted by Gasteiger charge is -2.20. The van der Waals surface area contributed by atoms with Crippen molar-refractivity contribution in [3.8, 4) is 0 Å². The van der Waals surface area contributed by atoms with Gasteiger partial charge in [0.1, 0.15) is 0 Å². The molecule has 0 saturated carbocycles. The number of esters is 1. The van der Waals surface area contributed by atoms with Gasteiger partial charge < -0.3 is 10.1 Å². The van der Waals surface area contributed by atoms with Crippen LogP contribution in [0.4, 0.5) is 5.69 Å². The van der Waals surface area contributed by atoms with Gasteiger partial charge in [0.15, 0.2) is 6.61 Å². The van der Waals surface area contributed by atoms with Gasteiger partial charge in [0.25, 0.3) is 17.7 Å². The summed E-state index contributed by atoms with van der Waals surface area (Å²) in [5.74, 6) is -2.00. The first kappa shape index (κ1) is 20.3. The van der Waals surface area contributed by atoms with Crippen molar-refractivity contribution in [2.24, 2.45) is 0 Å². The van der Waals surface area contributed by atoms with Crippen LogP contribution in [0, 0.1) is 6.92 Å². The van der Waals surface area contributed by atoms with Crippen molar-refractivity contribution in [1.82, 2.24) is 4.90 Å². The number of fused-ring (bicyclic) bond motifs is 1. The Bertz CT molecular complexity index is 998. The number of imide groups is 1. The molecule has 1 N–H and O–H groups in total. The van der Waals surface area contributed by atoms with Crippen molar-refractivity contribution in [2.45, 2.75) is 33.2 Å². The van der Waals surface area contributed by atoms with E-state index in [0.717, 1.165) is 5.56 Å². The van der Waals surface area contributed by atoms with Gasteiger partial charge in [-0.2, -0.15) is 0 Å². The molecule has 0 saturated heterocycles. The molecule has 150 valence electrons. The summed E-state index contributed by atoms with van der Waals surface area (Å²) in [7, 11) is 0. The molecule has 0 fully saturated rings. The van der Waals surface area contributed by atoms with Crippen molar-refractivity contribution < 1.29 is 23.9 Å². The lowest BCUT2D eigenvalue weighted by molar-refractivity contribution is -0.119. The summed E-state index contributed by atoms with van der Waals surface area (Å²) in [5.41, 5.74) is 2.08. The Morgan fingerprint density at radius 1 is 1.07 bits per heavy atom. The van der Waals surface area contributed by atoms with Crippen molar-refractivity contribution >= 4 is 29.4 Å². The molecule has 1 aliphatic heterocycles. The number of hydrogen-bond acceptors (Lipinski definition) is 5. The fourth-order valence-electron chi connectivity index (χ4n) is 3.08. The van der Waals surface area contributed by atoms with Crippen LogP contribution in [0.3, 0.4) is 0 Å². The lowest BCUT2D eigenvalue weighted by atomic mass is 10.1. The quantitative estimate of drug-likeness (QED) is 0.600. The first-order chi connectivity index (χ1) is 13.8. The molecule has 1 atom stereocenters. The summed E-state index contributed by atoms with van der Waals surface area (Å²) in [6.45, 7) is 5.08. The first-order valence-corrected chi connectivity index (χ1v) is 9.38. The van der Waals surface area contributed by atoms with E-state index in [-0.39, 0.29) is 28.6 Å². The molecule has 1 aliphatic rings. The van der Waals surface area contributed by atoms with Crippen LogP contribution in [0.2, 0.25) is 0 Å². The summed E-state index contributed by atoms with van der Waals surface area (Å²) in [4.78, 5) is 50.6. The van der Waals surface area contributed by atoms with E-state index in [0.29, 0.717) is 12.1 Å². The molecule has 2 aromatic carbocycles. The molecule has 0 bridgehead atoms. The van der Waals surface area contributed by atoms with Crippen LogP contribution in [0.25, 0.3) is 0 Å². The number of hydrogen-bond donors (Lipinski definition) is 1. The molecule has 0 aromatic heterocycles. The molecule has 3 amide bonds. The molecular formula is C22H22N2O5. The molecule has 1 heterocycles. The van der Waals surface area contributed by atoms with Crippen LogP contribution in [0.5, 0.6) is 0 Å². The highest BCUT2D eigenvalue weighted by atomic mass is 16.5. The fourth-order valence-corrected chi connectivity index (χ4v) is 3.08. The lowest BCUT2D eigenvalue weighted by Crippen LogP contribution is -2.37. The van der Waals surface area contributed by atoms with Gasteiger partial charge >= 0.3 is 5.97 Å². The largest absolute Gasteiger partial charge is 0.452 e.